The summed E-state index contributed by atoms with van der Waals surface area (Å²) in [7, 11) is 0. The molecular formula is C10H11Cl3. The van der Waals surface area contributed by atoms with Gasteiger partial charge in [0, 0.05) is 5.88 Å². The number of hydrogen-bond donors (Lipinski definition) is 0. The van der Waals surface area contributed by atoms with Crippen molar-refractivity contribution in [2.75, 3.05) is 5.88 Å². The second kappa shape index (κ2) is 5.74. The summed E-state index contributed by atoms with van der Waals surface area (Å²) in [4.78, 5) is 0. The number of alkyl halides is 1. The molecule has 1 aromatic carbocycles. The lowest BCUT2D eigenvalue weighted by molar-refractivity contribution is 0.800. The number of aryl methyl sites for hydroxylation is 1. The molecule has 0 spiro atoms. The number of halogens is 3. The monoisotopic (exact) mass is 236 g/mol. The molecule has 0 atom stereocenters. The molecule has 0 saturated heterocycles. The Hall–Kier alpha value is 0.0900. The van der Waals surface area contributed by atoms with E-state index in [1.54, 1.807) is 0 Å². The fourth-order valence-electron chi connectivity index (χ4n) is 1.12. The van der Waals surface area contributed by atoms with Crippen LogP contribution in [0.2, 0.25) is 10.0 Å². The molecule has 0 unspecified atom stereocenters. The van der Waals surface area contributed by atoms with E-state index < -0.39 is 0 Å². The second-order valence-corrected chi connectivity index (χ2v) is 4.09. The fraction of sp³-hybridized carbons (Fsp3) is 0.400. The Balaban J connectivity index is 2.53. The van der Waals surface area contributed by atoms with Crippen LogP contribution in [-0.4, -0.2) is 5.88 Å². The first-order chi connectivity index (χ1) is 6.24. The third-order valence-electron chi connectivity index (χ3n) is 1.83. The van der Waals surface area contributed by atoms with E-state index in [0.717, 1.165) is 25.1 Å². The van der Waals surface area contributed by atoms with Crippen LogP contribution < -0.4 is 0 Å². The number of unbranched alkanes of at least 4 members (excludes halogenated alkanes) is 1. The van der Waals surface area contributed by atoms with Crippen molar-refractivity contribution in [3.63, 3.8) is 0 Å². The topological polar surface area (TPSA) is 0 Å². The Bertz CT molecular complexity index is 271. The zero-order valence-electron chi connectivity index (χ0n) is 7.19. The molecule has 1 rings (SSSR count). The van der Waals surface area contributed by atoms with Gasteiger partial charge in [0.25, 0.3) is 0 Å². The van der Waals surface area contributed by atoms with E-state index in [4.69, 9.17) is 34.8 Å². The highest BCUT2D eigenvalue weighted by molar-refractivity contribution is 6.42. The van der Waals surface area contributed by atoms with Crippen LogP contribution >= 0.6 is 34.8 Å². The van der Waals surface area contributed by atoms with E-state index in [1.165, 1.54) is 5.56 Å². The van der Waals surface area contributed by atoms with Crippen LogP contribution in [0, 0.1) is 0 Å². The van der Waals surface area contributed by atoms with Crippen LogP contribution in [-0.2, 0) is 6.42 Å². The summed E-state index contributed by atoms with van der Waals surface area (Å²) in [5.74, 6) is 0.724. The van der Waals surface area contributed by atoms with Crippen molar-refractivity contribution >= 4 is 34.8 Å². The minimum Gasteiger partial charge on any atom is -0.127 e. The molecule has 0 aliphatic rings. The number of hydrogen-bond acceptors (Lipinski definition) is 0. The highest BCUT2D eigenvalue weighted by Gasteiger charge is 1.98. The summed E-state index contributed by atoms with van der Waals surface area (Å²) < 4.78 is 0. The van der Waals surface area contributed by atoms with Crippen LogP contribution in [0.15, 0.2) is 18.2 Å². The van der Waals surface area contributed by atoms with Crippen LogP contribution in [0.1, 0.15) is 18.4 Å². The second-order valence-electron chi connectivity index (χ2n) is 2.89. The Morgan fingerprint density at radius 2 is 1.77 bits per heavy atom. The smallest absolute Gasteiger partial charge is 0.0595 e. The predicted octanol–water partition coefficient (Wildman–Crippen LogP) is 4.55. The van der Waals surface area contributed by atoms with Crippen molar-refractivity contribution in [1.82, 2.24) is 0 Å². The molecule has 13 heavy (non-hydrogen) atoms. The summed E-state index contributed by atoms with van der Waals surface area (Å²) in [6, 6.07) is 5.75. The van der Waals surface area contributed by atoms with Gasteiger partial charge in [0.2, 0.25) is 0 Å². The Kier molecular flexibility index (Phi) is 4.93. The van der Waals surface area contributed by atoms with Gasteiger partial charge in [-0.05, 0) is 37.0 Å². The third kappa shape index (κ3) is 3.76. The van der Waals surface area contributed by atoms with Gasteiger partial charge in [-0.15, -0.1) is 11.6 Å². The molecule has 0 saturated carbocycles. The Labute approximate surface area is 93.8 Å². The van der Waals surface area contributed by atoms with Crippen LogP contribution in [0.5, 0.6) is 0 Å². The maximum absolute atomic E-state index is 5.87. The summed E-state index contributed by atoms with van der Waals surface area (Å²) in [6.07, 6.45) is 3.16. The Morgan fingerprint density at radius 1 is 1.00 bits per heavy atom. The lowest BCUT2D eigenvalue weighted by atomic mass is 10.1. The molecule has 0 fully saturated rings. The Morgan fingerprint density at radius 3 is 2.38 bits per heavy atom. The molecule has 0 aromatic heterocycles. The zero-order valence-corrected chi connectivity index (χ0v) is 9.46. The lowest BCUT2D eigenvalue weighted by Crippen LogP contribution is -1.86. The van der Waals surface area contributed by atoms with Gasteiger partial charge >= 0.3 is 0 Å². The molecule has 0 amide bonds. The van der Waals surface area contributed by atoms with Crippen molar-refractivity contribution < 1.29 is 0 Å². The fourth-order valence-corrected chi connectivity index (χ4v) is 1.63. The van der Waals surface area contributed by atoms with E-state index >= 15 is 0 Å². The van der Waals surface area contributed by atoms with Gasteiger partial charge in [-0.25, -0.2) is 0 Å². The minimum atomic E-state index is 0.614. The van der Waals surface area contributed by atoms with E-state index in [-0.39, 0.29) is 0 Å². The van der Waals surface area contributed by atoms with Gasteiger partial charge in [0.15, 0.2) is 0 Å². The number of benzene rings is 1. The van der Waals surface area contributed by atoms with Crippen molar-refractivity contribution in [2.24, 2.45) is 0 Å². The normalized spacial score (nSPS) is 10.4. The van der Waals surface area contributed by atoms with Crippen LogP contribution in [0.4, 0.5) is 0 Å². The molecule has 0 N–H and O–H groups in total. The van der Waals surface area contributed by atoms with Crippen molar-refractivity contribution in [1.29, 1.82) is 0 Å². The highest BCUT2D eigenvalue weighted by atomic mass is 35.5. The van der Waals surface area contributed by atoms with E-state index in [1.807, 2.05) is 18.2 Å². The van der Waals surface area contributed by atoms with Crippen molar-refractivity contribution in [3.05, 3.63) is 33.8 Å². The van der Waals surface area contributed by atoms with E-state index in [0.29, 0.717) is 10.0 Å². The van der Waals surface area contributed by atoms with Gasteiger partial charge in [-0.3, -0.25) is 0 Å². The third-order valence-corrected chi connectivity index (χ3v) is 2.84. The lowest BCUT2D eigenvalue weighted by Gasteiger charge is -2.01. The minimum absolute atomic E-state index is 0.614. The van der Waals surface area contributed by atoms with Gasteiger partial charge in [0.05, 0.1) is 10.0 Å². The maximum atomic E-state index is 5.87. The molecule has 0 heterocycles. The first kappa shape index (κ1) is 11.2. The zero-order chi connectivity index (χ0) is 9.68. The standard InChI is InChI=1S/C10H11Cl3/c11-6-2-1-3-8-4-5-9(12)10(13)7-8/h4-5,7H,1-3,6H2. The van der Waals surface area contributed by atoms with Gasteiger partial charge < -0.3 is 0 Å². The molecule has 72 valence electrons. The molecule has 3 heteroatoms. The maximum Gasteiger partial charge on any atom is 0.0595 e. The molecule has 1 aromatic rings. The number of rotatable bonds is 4. The molecule has 0 bridgehead atoms. The van der Waals surface area contributed by atoms with E-state index in [9.17, 15) is 0 Å². The molecule has 0 radical (unpaired) electrons. The van der Waals surface area contributed by atoms with Gasteiger partial charge in [-0.1, -0.05) is 29.3 Å². The van der Waals surface area contributed by atoms with Crippen LogP contribution in [0.25, 0.3) is 0 Å². The van der Waals surface area contributed by atoms with Gasteiger partial charge in [-0.2, -0.15) is 0 Å². The summed E-state index contributed by atoms with van der Waals surface area (Å²) in [6.45, 7) is 0. The summed E-state index contributed by atoms with van der Waals surface area (Å²) >= 11 is 17.2. The van der Waals surface area contributed by atoms with Gasteiger partial charge in [0.1, 0.15) is 0 Å². The first-order valence-electron chi connectivity index (χ1n) is 4.24. The summed E-state index contributed by atoms with van der Waals surface area (Å²) in [5.41, 5.74) is 1.22. The predicted molar refractivity (Wildman–Crippen MR) is 60.1 cm³/mol. The first-order valence-corrected chi connectivity index (χ1v) is 5.53. The quantitative estimate of drug-likeness (QED) is 0.532. The SMILES string of the molecule is ClCCCCc1ccc(Cl)c(Cl)c1. The average Bonchev–Trinajstić information content (AvgIpc) is 2.12. The average molecular weight is 238 g/mol. The van der Waals surface area contributed by atoms with Crippen molar-refractivity contribution in [3.8, 4) is 0 Å². The van der Waals surface area contributed by atoms with Crippen LogP contribution in [0.3, 0.4) is 0 Å². The summed E-state index contributed by atoms with van der Waals surface area (Å²) in [5, 5.41) is 1.24. The molecular weight excluding hydrogens is 226 g/mol. The molecule has 0 aliphatic heterocycles. The molecule has 0 nitrogen and oxygen atoms in total. The largest absolute Gasteiger partial charge is 0.127 e. The highest BCUT2D eigenvalue weighted by Crippen LogP contribution is 2.23. The van der Waals surface area contributed by atoms with Crippen molar-refractivity contribution in [2.45, 2.75) is 19.3 Å². The van der Waals surface area contributed by atoms with E-state index in [2.05, 4.69) is 0 Å². The molecule has 0 aliphatic carbocycles.